The highest BCUT2D eigenvalue weighted by Gasteiger charge is 2.10. The Labute approximate surface area is 89.1 Å². The largest absolute Gasteiger partial charge is 0.494 e. The molecule has 0 N–H and O–H groups in total. The van der Waals surface area contributed by atoms with Crippen molar-refractivity contribution >= 4 is 15.9 Å². The molecule has 14 heavy (non-hydrogen) atoms. The minimum Gasteiger partial charge on any atom is -0.494 e. The summed E-state index contributed by atoms with van der Waals surface area (Å²) in [5.74, 6) is 0.373. The molecule has 0 saturated heterocycles. The summed E-state index contributed by atoms with van der Waals surface area (Å²) in [5.41, 5.74) is 0.599. The van der Waals surface area contributed by atoms with Crippen LogP contribution in [0.25, 0.3) is 0 Å². The monoisotopic (exact) mass is 218 g/mol. The van der Waals surface area contributed by atoms with Crippen molar-refractivity contribution in [3.05, 3.63) is 0 Å². The van der Waals surface area contributed by atoms with E-state index in [1.54, 1.807) is 0 Å². The molecule has 0 aliphatic heterocycles. The molecule has 0 rings (SSSR count). The minimum absolute atomic E-state index is 0.373. The van der Waals surface area contributed by atoms with Crippen LogP contribution in [-0.2, 0) is 9.16 Å². The summed E-state index contributed by atoms with van der Waals surface area (Å²) in [6, 6.07) is 0. The summed E-state index contributed by atoms with van der Waals surface area (Å²) < 4.78 is 10.0. The lowest BCUT2D eigenvalue weighted by atomic mass is 10.2. The molecule has 84 valence electrons. The van der Waals surface area contributed by atoms with E-state index >= 15 is 0 Å². The van der Waals surface area contributed by atoms with Crippen molar-refractivity contribution in [2.24, 2.45) is 5.92 Å². The summed E-state index contributed by atoms with van der Waals surface area (Å²) in [7, 11) is -0.742. The van der Waals surface area contributed by atoms with E-state index in [-0.39, 0.29) is 0 Å². The van der Waals surface area contributed by atoms with Gasteiger partial charge in [0.1, 0.15) is 0 Å². The van der Waals surface area contributed by atoms with Gasteiger partial charge in [-0.1, -0.05) is 40.5 Å². The van der Waals surface area contributed by atoms with E-state index in [0.29, 0.717) is 18.1 Å². The van der Waals surface area contributed by atoms with Crippen molar-refractivity contribution < 1.29 is 14.0 Å². The third-order valence-corrected chi connectivity index (χ3v) is 4.15. The Bertz CT molecular complexity index is 155. The van der Waals surface area contributed by atoms with Gasteiger partial charge in [0.15, 0.2) is 0 Å². The molecule has 0 aliphatic rings. The zero-order valence-corrected chi connectivity index (χ0v) is 11.1. The molecular formula is C10H22O3Si. The molecule has 0 amide bonds. The van der Waals surface area contributed by atoms with E-state index in [9.17, 15) is 4.79 Å². The van der Waals surface area contributed by atoms with E-state index < -0.39 is 15.9 Å². The van der Waals surface area contributed by atoms with Crippen molar-refractivity contribution in [3.63, 3.8) is 0 Å². The number of carbonyl (C=O) groups is 1. The maximum Gasteiger partial charge on any atom is 0.493 e. The molecule has 0 bridgehead atoms. The molecule has 0 fully saturated rings. The first-order valence-corrected chi connectivity index (χ1v) is 6.79. The van der Waals surface area contributed by atoms with Crippen molar-refractivity contribution in [2.75, 3.05) is 6.61 Å². The summed E-state index contributed by atoms with van der Waals surface area (Å²) >= 11 is 0. The molecule has 0 saturated carbocycles. The van der Waals surface area contributed by atoms with E-state index in [1.165, 1.54) is 0 Å². The lowest BCUT2D eigenvalue weighted by molar-refractivity contribution is 0.0892. The number of hydrogen-bond donors (Lipinski definition) is 0. The summed E-state index contributed by atoms with van der Waals surface area (Å²) in [6.45, 7) is 8.72. The average Bonchev–Trinajstić information content (AvgIpc) is 2.16. The van der Waals surface area contributed by atoms with Crippen molar-refractivity contribution in [2.45, 2.75) is 46.1 Å². The van der Waals surface area contributed by atoms with Gasteiger partial charge < -0.3 is 9.16 Å². The average molecular weight is 218 g/mol. The maximum atomic E-state index is 11.1. The topological polar surface area (TPSA) is 35.5 Å². The van der Waals surface area contributed by atoms with E-state index in [0.717, 1.165) is 12.8 Å². The zero-order chi connectivity index (χ0) is 11.0. The van der Waals surface area contributed by atoms with Crippen LogP contribution in [0.3, 0.4) is 0 Å². The Morgan fingerprint density at radius 2 is 1.86 bits per heavy atom. The van der Waals surface area contributed by atoms with E-state index in [4.69, 9.17) is 9.16 Å². The fourth-order valence-electron chi connectivity index (χ4n) is 0.987. The van der Waals surface area contributed by atoms with Gasteiger partial charge in [-0.3, -0.25) is 0 Å². The highest BCUT2D eigenvalue weighted by Crippen LogP contribution is 2.13. The molecule has 3 nitrogen and oxygen atoms in total. The number of hydrogen-bond acceptors (Lipinski definition) is 3. The second-order valence-corrected chi connectivity index (χ2v) is 5.73. The highest BCUT2D eigenvalue weighted by atomic mass is 28.2. The Hall–Kier alpha value is -0.513. The van der Waals surface area contributed by atoms with Gasteiger partial charge in [-0.15, -0.1) is 0 Å². The van der Waals surface area contributed by atoms with Crippen LogP contribution in [0.15, 0.2) is 0 Å². The lowest BCUT2D eigenvalue weighted by Crippen LogP contribution is -2.16. The smallest absolute Gasteiger partial charge is 0.493 e. The van der Waals surface area contributed by atoms with E-state index in [1.807, 2.05) is 13.8 Å². The summed E-state index contributed by atoms with van der Waals surface area (Å²) in [5, 5.41) is 0. The first-order chi connectivity index (χ1) is 6.60. The van der Waals surface area contributed by atoms with Crippen LogP contribution < -0.4 is 0 Å². The number of rotatable bonds is 6. The molecule has 0 aromatic carbocycles. The maximum absolute atomic E-state index is 11.1. The predicted octanol–water partition coefficient (Wildman–Crippen LogP) is 2.49. The zero-order valence-electron chi connectivity index (χ0n) is 9.71. The van der Waals surface area contributed by atoms with Gasteiger partial charge >= 0.3 is 6.16 Å². The third-order valence-electron chi connectivity index (χ3n) is 2.13. The van der Waals surface area contributed by atoms with Gasteiger partial charge in [-0.05, 0) is 11.5 Å². The van der Waals surface area contributed by atoms with E-state index in [2.05, 4.69) is 13.8 Å². The van der Waals surface area contributed by atoms with Crippen LogP contribution in [0.4, 0.5) is 4.79 Å². The normalized spacial score (nSPS) is 11.6. The molecule has 0 atom stereocenters. The van der Waals surface area contributed by atoms with Gasteiger partial charge in [-0.2, -0.15) is 0 Å². The SMILES string of the molecule is CCC(CC)[SiH2]OC(=O)OCC(C)C. The Morgan fingerprint density at radius 3 is 2.29 bits per heavy atom. The Kier molecular flexibility index (Phi) is 7.56. The van der Waals surface area contributed by atoms with Gasteiger partial charge in [0, 0.05) is 0 Å². The molecule has 4 heteroatoms. The first kappa shape index (κ1) is 13.5. The molecule has 0 unspecified atom stereocenters. The molecule has 0 aromatic heterocycles. The quantitative estimate of drug-likeness (QED) is 0.507. The lowest BCUT2D eigenvalue weighted by Gasteiger charge is -2.12. The third kappa shape index (κ3) is 6.94. The molecule has 0 radical (unpaired) electrons. The molecule has 0 aliphatic carbocycles. The van der Waals surface area contributed by atoms with Crippen molar-refractivity contribution in [3.8, 4) is 0 Å². The van der Waals surface area contributed by atoms with Crippen LogP contribution in [0.5, 0.6) is 0 Å². The molecule has 0 aromatic rings. The highest BCUT2D eigenvalue weighted by molar-refractivity contribution is 6.32. The number of carbonyl (C=O) groups excluding carboxylic acids is 1. The van der Waals surface area contributed by atoms with Crippen LogP contribution >= 0.6 is 0 Å². The van der Waals surface area contributed by atoms with Crippen LogP contribution in [0.1, 0.15) is 40.5 Å². The summed E-state index contributed by atoms with van der Waals surface area (Å²) in [4.78, 5) is 11.1. The minimum atomic E-state index is -0.742. The second kappa shape index (κ2) is 7.85. The molecule has 0 spiro atoms. The fourth-order valence-corrected chi connectivity index (χ4v) is 1.91. The number of ether oxygens (including phenoxy) is 1. The van der Waals surface area contributed by atoms with Gasteiger partial charge in [0.05, 0.1) is 6.61 Å². The first-order valence-electron chi connectivity index (χ1n) is 5.39. The standard InChI is InChI=1S/C10H22O3Si/c1-5-9(6-2)14-13-10(11)12-7-8(3)4/h8-9H,5-7,14H2,1-4H3. The predicted molar refractivity (Wildman–Crippen MR) is 60.1 cm³/mol. The fraction of sp³-hybridized carbons (Fsp3) is 0.900. The van der Waals surface area contributed by atoms with Crippen molar-refractivity contribution in [1.29, 1.82) is 0 Å². The van der Waals surface area contributed by atoms with Gasteiger partial charge in [0.2, 0.25) is 9.76 Å². The van der Waals surface area contributed by atoms with Crippen LogP contribution in [0.2, 0.25) is 5.54 Å². The molecule has 0 heterocycles. The van der Waals surface area contributed by atoms with Crippen LogP contribution in [0, 0.1) is 5.92 Å². The van der Waals surface area contributed by atoms with Crippen LogP contribution in [-0.4, -0.2) is 22.5 Å². The van der Waals surface area contributed by atoms with Crippen molar-refractivity contribution in [1.82, 2.24) is 0 Å². The second-order valence-electron chi connectivity index (χ2n) is 3.95. The van der Waals surface area contributed by atoms with Gasteiger partial charge in [0.25, 0.3) is 0 Å². The molecular weight excluding hydrogens is 196 g/mol. The Balaban J connectivity index is 3.52. The van der Waals surface area contributed by atoms with Gasteiger partial charge in [-0.25, -0.2) is 4.79 Å². The Morgan fingerprint density at radius 1 is 1.29 bits per heavy atom. The summed E-state index contributed by atoms with van der Waals surface area (Å²) in [6.07, 6.45) is 1.72.